The average Bonchev–Trinajstić information content (AvgIpc) is 2.34. The summed E-state index contributed by atoms with van der Waals surface area (Å²) in [5.41, 5.74) is -1.76. The molecule has 0 atom stereocenters. The second-order valence-electron chi connectivity index (χ2n) is 3.94. The summed E-state index contributed by atoms with van der Waals surface area (Å²) in [6, 6.07) is 0. The van der Waals surface area contributed by atoms with E-state index in [0.29, 0.717) is 26.3 Å². The van der Waals surface area contributed by atoms with Gasteiger partial charge in [-0.3, -0.25) is 0 Å². The zero-order chi connectivity index (χ0) is 13.3. The van der Waals surface area contributed by atoms with E-state index in [2.05, 4.69) is 0 Å². The van der Waals surface area contributed by atoms with Gasteiger partial charge < -0.3 is 14.7 Å². The standard InChI is InChI=1S/C10H19F2NO2.C2H6/c1-2-15-8-7-13-5-3-10(14,4-6-13)9(11)12;1-2/h9,14H,2-8H2,1H3;1-2H3. The van der Waals surface area contributed by atoms with Gasteiger partial charge in [0, 0.05) is 26.2 Å². The molecule has 1 heterocycles. The van der Waals surface area contributed by atoms with E-state index in [-0.39, 0.29) is 12.8 Å². The number of hydrogen-bond acceptors (Lipinski definition) is 3. The van der Waals surface area contributed by atoms with Crippen molar-refractivity contribution in [3.05, 3.63) is 0 Å². The highest BCUT2D eigenvalue weighted by Gasteiger charge is 2.40. The van der Waals surface area contributed by atoms with E-state index in [9.17, 15) is 13.9 Å². The van der Waals surface area contributed by atoms with Crippen LogP contribution in [0.4, 0.5) is 8.78 Å². The van der Waals surface area contributed by atoms with Crippen molar-refractivity contribution >= 4 is 0 Å². The molecule has 3 nitrogen and oxygen atoms in total. The Morgan fingerprint density at radius 3 is 2.24 bits per heavy atom. The molecule has 0 radical (unpaired) electrons. The van der Waals surface area contributed by atoms with Crippen LogP contribution in [-0.4, -0.2) is 54.9 Å². The van der Waals surface area contributed by atoms with Crippen LogP contribution >= 0.6 is 0 Å². The minimum atomic E-state index is -2.63. The van der Waals surface area contributed by atoms with Crippen molar-refractivity contribution in [2.45, 2.75) is 45.6 Å². The predicted molar refractivity (Wildman–Crippen MR) is 64.5 cm³/mol. The lowest BCUT2D eigenvalue weighted by molar-refractivity contribution is -0.127. The molecule has 1 saturated heterocycles. The van der Waals surface area contributed by atoms with Gasteiger partial charge in [-0.25, -0.2) is 8.78 Å². The zero-order valence-corrected chi connectivity index (χ0v) is 11.1. The Kier molecular flexibility index (Phi) is 8.64. The van der Waals surface area contributed by atoms with Crippen LogP contribution in [0.15, 0.2) is 0 Å². The van der Waals surface area contributed by atoms with Crippen LogP contribution in [0, 0.1) is 0 Å². The van der Waals surface area contributed by atoms with Gasteiger partial charge in [0.15, 0.2) is 0 Å². The summed E-state index contributed by atoms with van der Waals surface area (Å²) in [6.45, 7) is 9.03. The average molecular weight is 253 g/mol. The van der Waals surface area contributed by atoms with E-state index in [1.807, 2.05) is 25.7 Å². The van der Waals surface area contributed by atoms with Crippen molar-refractivity contribution in [1.29, 1.82) is 0 Å². The van der Waals surface area contributed by atoms with Crippen LogP contribution in [0.2, 0.25) is 0 Å². The molecule has 1 rings (SSSR count). The lowest BCUT2D eigenvalue weighted by Gasteiger charge is -2.37. The van der Waals surface area contributed by atoms with Crippen LogP contribution in [0.25, 0.3) is 0 Å². The summed E-state index contributed by atoms with van der Waals surface area (Å²) in [4.78, 5) is 2.05. The minimum absolute atomic E-state index is 0.150. The highest BCUT2D eigenvalue weighted by molar-refractivity contribution is 4.87. The smallest absolute Gasteiger partial charge is 0.266 e. The lowest BCUT2D eigenvalue weighted by atomic mass is 9.92. The number of nitrogens with zero attached hydrogens (tertiary/aromatic N) is 1. The molecule has 1 fully saturated rings. The van der Waals surface area contributed by atoms with Gasteiger partial charge >= 0.3 is 0 Å². The molecular weight excluding hydrogens is 228 g/mol. The Balaban J connectivity index is 0.00000121. The Morgan fingerprint density at radius 1 is 1.29 bits per heavy atom. The number of rotatable bonds is 5. The van der Waals surface area contributed by atoms with Crippen LogP contribution < -0.4 is 0 Å². The van der Waals surface area contributed by atoms with E-state index in [0.717, 1.165) is 6.54 Å². The molecule has 0 amide bonds. The fourth-order valence-electron chi connectivity index (χ4n) is 1.72. The predicted octanol–water partition coefficient (Wildman–Crippen LogP) is 2.14. The fourth-order valence-corrected chi connectivity index (χ4v) is 1.72. The molecule has 5 heteroatoms. The maximum absolute atomic E-state index is 12.4. The van der Waals surface area contributed by atoms with Gasteiger partial charge in [-0.2, -0.15) is 0 Å². The van der Waals surface area contributed by atoms with Crippen molar-refractivity contribution in [1.82, 2.24) is 4.90 Å². The normalized spacial score (nSPS) is 19.9. The molecule has 0 aromatic rings. The molecule has 0 saturated carbocycles. The van der Waals surface area contributed by atoms with Gasteiger partial charge in [-0.05, 0) is 19.8 Å². The van der Waals surface area contributed by atoms with Crippen molar-refractivity contribution in [2.24, 2.45) is 0 Å². The largest absolute Gasteiger partial charge is 0.384 e. The summed E-state index contributed by atoms with van der Waals surface area (Å²) < 4.78 is 30.1. The molecule has 1 aliphatic heterocycles. The Labute approximate surface area is 103 Å². The summed E-state index contributed by atoms with van der Waals surface area (Å²) >= 11 is 0. The number of aliphatic hydroxyl groups is 1. The number of alkyl halides is 2. The monoisotopic (exact) mass is 253 g/mol. The molecule has 104 valence electrons. The Hall–Kier alpha value is -0.260. The minimum Gasteiger partial charge on any atom is -0.384 e. The first-order valence-corrected chi connectivity index (χ1v) is 6.39. The van der Waals surface area contributed by atoms with Gasteiger partial charge in [-0.15, -0.1) is 0 Å². The molecule has 0 aromatic carbocycles. The highest BCUT2D eigenvalue weighted by atomic mass is 19.3. The third-order valence-corrected chi connectivity index (χ3v) is 2.88. The second-order valence-corrected chi connectivity index (χ2v) is 3.94. The molecular formula is C12H25F2NO2. The molecule has 17 heavy (non-hydrogen) atoms. The molecule has 0 unspecified atom stereocenters. The summed E-state index contributed by atoms with van der Waals surface area (Å²) in [7, 11) is 0. The van der Waals surface area contributed by atoms with Crippen LogP contribution in [0.3, 0.4) is 0 Å². The van der Waals surface area contributed by atoms with Crippen molar-refractivity contribution in [3.63, 3.8) is 0 Å². The highest BCUT2D eigenvalue weighted by Crippen LogP contribution is 2.28. The summed E-state index contributed by atoms with van der Waals surface area (Å²) in [6.07, 6.45) is -2.33. The third kappa shape index (κ3) is 5.75. The molecule has 0 bridgehead atoms. The SMILES string of the molecule is CC.CCOCCN1CCC(O)(C(F)F)CC1. The van der Waals surface area contributed by atoms with Crippen LogP contribution in [-0.2, 0) is 4.74 Å². The van der Waals surface area contributed by atoms with Gasteiger partial charge in [0.25, 0.3) is 6.43 Å². The van der Waals surface area contributed by atoms with Crippen molar-refractivity contribution in [2.75, 3.05) is 32.8 Å². The fraction of sp³-hybridized carbons (Fsp3) is 1.00. The molecule has 1 aliphatic rings. The van der Waals surface area contributed by atoms with E-state index in [1.54, 1.807) is 0 Å². The van der Waals surface area contributed by atoms with E-state index in [4.69, 9.17) is 4.74 Å². The first-order valence-electron chi connectivity index (χ1n) is 6.39. The van der Waals surface area contributed by atoms with Gasteiger partial charge in [-0.1, -0.05) is 13.8 Å². The van der Waals surface area contributed by atoms with Crippen LogP contribution in [0.5, 0.6) is 0 Å². The second kappa shape index (κ2) is 8.78. The number of ether oxygens (including phenoxy) is 1. The summed E-state index contributed by atoms with van der Waals surface area (Å²) in [5.74, 6) is 0. The number of halogens is 2. The van der Waals surface area contributed by atoms with Crippen molar-refractivity contribution < 1.29 is 18.6 Å². The van der Waals surface area contributed by atoms with Gasteiger partial charge in [0.2, 0.25) is 0 Å². The van der Waals surface area contributed by atoms with E-state index in [1.165, 1.54) is 0 Å². The van der Waals surface area contributed by atoms with E-state index < -0.39 is 12.0 Å². The van der Waals surface area contributed by atoms with Crippen molar-refractivity contribution in [3.8, 4) is 0 Å². The first-order chi connectivity index (χ1) is 8.08. The zero-order valence-electron chi connectivity index (χ0n) is 11.1. The molecule has 0 spiro atoms. The first kappa shape index (κ1) is 16.7. The number of likely N-dealkylation sites (tertiary alicyclic amines) is 1. The lowest BCUT2D eigenvalue weighted by Crippen LogP contribution is -2.49. The van der Waals surface area contributed by atoms with E-state index >= 15 is 0 Å². The van der Waals surface area contributed by atoms with Gasteiger partial charge in [0.05, 0.1) is 6.61 Å². The molecule has 0 aromatic heterocycles. The Morgan fingerprint density at radius 2 is 1.82 bits per heavy atom. The molecule has 1 N–H and O–H groups in total. The van der Waals surface area contributed by atoms with Gasteiger partial charge in [0.1, 0.15) is 5.60 Å². The number of hydrogen-bond donors (Lipinski definition) is 1. The topological polar surface area (TPSA) is 32.7 Å². The maximum Gasteiger partial charge on any atom is 0.266 e. The number of piperidine rings is 1. The maximum atomic E-state index is 12.4. The third-order valence-electron chi connectivity index (χ3n) is 2.88. The quantitative estimate of drug-likeness (QED) is 0.762. The summed E-state index contributed by atoms with van der Waals surface area (Å²) in [5, 5.41) is 9.53. The Bertz CT molecular complexity index is 183. The molecule has 0 aliphatic carbocycles. The van der Waals surface area contributed by atoms with Crippen LogP contribution in [0.1, 0.15) is 33.6 Å².